The van der Waals surface area contributed by atoms with Crippen molar-refractivity contribution in [3.05, 3.63) is 65.9 Å². The van der Waals surface area contributed by atoms with Gasteiger partial charge < -0.3 is 24.8 Å². The van der Waals surface area contributed by atoms with Crippen LogP contribution in [0.25, 0.3) is 11.0 Å². The van der Waals surface area contributed by atoms with Crippen molar-refractivity contribution in [1.82, 2.24) is 24.3 Å². The number of anilines is 3. The van der Waals surface area contributed by atoms with Crippen LogP contribution < -0.4 is 15.4 Å². The Bertz CT molecular complexity index is 1630. The summed E-state index contributed by atoms with van der Waals surface area (Å²) >= 11 is 0. The number of pyridine rings is 1. The first-order chi connectivity index (χ1) is 20.7. The molecule has 1 amide bonds. The van der Waals surface area contributed by atoms with Crippen LogP contribution in [0.5, 0.6) is 11.5 Å². The lowest BCUT2D eigenvalue weighted by atomic mass is 10.0. The summed E-state index contributed by atoms with van der Waals surface area (Å²) in [5, 5.41) is 5.88. The number of amides is 1. The van der Waals surface area contributed by atoms with E-state index in [1.165, 1.54) is 0 Å². The molecule has 2 aromatic heterocycles. The van der Waals surface area contributed by atoms with E-state index in [1.807, 2.05) is 0 Å². The number of likely N-dealkylation sites (N-methyl/N-ethyl adjacent to an activating group) is 1. The Kier molecular flexibility index (Phi) is 7.97. The molecule has 0 bridgehead atoms. The maximum absolute atomic E-state index is 14.1. The van der Waals surface area contributed by atoms with E-state index in [9.17, 15) is 18.0 Å². The lowest BCUT2D eigenvalue weighted by Gasteiger charge is -2.34. The van der Waals surface area contributed by atoms with Crippen LogP contribution in [0.4, 0.5) is 30.6 Å². The summed E-state index contributed by atoms with van der Waals surface area (Å²) in [6.45, 7) is 6.51. The van der Waals surface area contributed by atoms with E-state index < -0.39 is 11.7 Å². The highest BCUT2D eigenvalue weighted by molar-refractivity contribution is 5.93. The van der Waals surface area contributed by atoms with Gasteiger partial charge in [-0.1, -0.05) is 13.0 Å². The molecule has 0 atom stereocenters. The van der Waals surface area contributed by atoms with Crippen molar-refractivity contribution in [2.24, 2.45) is 13.0 Å². The van der Waals surface area contributed by atoms with Crippen LogP contribution in [-0.4, -0.2) is 63.0 Å². The Morgan fingerprint density at radius 1 is 1.00 bits per heavy atom. The van der Waals surface area contributed by atoms with Crippen molar-refractivity contribution in [3.63, 3.8) is 0 Å². The minimum absolute atomic E-state index is 0.0385. The van der Waals surface area contributed by atoms with Crippen LogP contribution in [0.3, 0.4) is 0 Å². The average Bonchev–Trinajstić information content (AvgIpc) is 3.80. The monoisotopic (exact) mass is 593 g/mol. The minimum atomic E-state index is -4.48. The lowest BCUT2D eigenvalue weighted by molar-refractivity contribution is -0.138. The van der Waals surface area contributed by atoms with Crippen LogP contribution >= 0.6 is 0 Å². The standard InChI is InChI=1S/C31H34F3N7O2/c1-3-40-12-14-41(15-13-40)19-21-6-7-22(16-25(21)31(32,33)34)36-30-37-26-9-8-23(17-27(26)39(30)2)43-24-10-11-35-28(18-24)38-29(42)20-4-5-20/h6-11,16-18,20H,3-5,12-15,19H2,1-2H3,(H,36,37)(H,35,38,42). The molecule has 2 fully saturated rings. The summed E-state index contributed by atoms with van der Waals surface area (Å²) in [6, 6.07) is 13.1. The zero-order valence-electron chi connectivity index (χ0n) is 24.1. The first-order valence-electron chi connectivity index (χ1n) is 14.5. The average molecular weight is 594 g/mol. The number of alkyl halides is 3. The van der Waals surface area contributed by atoms with Gasteiger partial charge in [0.2, 0.25) is 11.9 Å². The van der Waals surface area contributed by atoms with Crippen LogP contribution in [0.15, 0.2) is 54.7 Å². The SMILES string of the molecule is CCN1CCN(Cc2ccc(Nc3nc4ccc(Oc5ccnc(NC(=O)C6CC6)c5)cc4n3C)cc2C(F)(F)F)CC1. The number of hydrogen-bond donors (Lipinski definition) is 2. The van der Waals surface area contributed by atoms with Crippen LogP contribution in [0.2, 0.25) is 0 Å². The number of fused-ring (bicyclic) bond motifs is 1. The van der Waals surface area contributed by atoms with Gasteiger partial charge in [0.05, 0.1) is 16.6 Å². The topological polar surface area (TPSA) is 87.6 Å². The Hall–Kier alpha value is -4.16. The number of halogens is 3. The van der Waals surface area contributed by atoms with Gasteiger partial charge in [0.15, 0.2) is 0 Å². The van der Waals surface area contributed by atoms with E-state index in [2.05, 4.69) is 37.3 Å². The molecule has 12 heteroatoms. The number of carbonyl (C=O) groups is 1. The molecule has 3 heterocycles. The predicted octanol–water partition coefficient (Wildman–Crippen LogP) is 6.01. The minimum Gasteiger partial charge on any atom is -0.457 e. The highest BCUT2D eigenvalue weighted by Gasteiger charge is 2.34. The fourth-order valence-electron chi connectivity index (χ4n) is 5.29. The van der Waals surface area contributed by atoms with Crippen molar-refractivity contribution in [2.45, 2.75) is 32.5 Å². The highest BCUT2D eigenvalue weighted by Crippen LogP contribution is 2.36. The molecule has 4 aromatic rings. The molecule has 2 aromatic carbocycles. The van der Waals surface area contributed by atoms with Gasteiger partial charge in [-0.2, -0.15) is 13.2 Å². The number of ether oxygens (including phenoxy) is 1. The molecule has 2 aliphatic rings. The summed E-state index contributed by atoms with van der Waals surface area (Å²) < 4.78 is 50.2. The van der Waals surface area contributed by atoms with Gasteiger partial charge in [0.25, 0.3) is 0 Å². The van der Waals surface area contributed by atoms with E-state index >= 15 is 0 Å². The third-order valence-electron chi connectivity index (χ3n) is 8.00. The fraction of sp³-hybridized carbons (Fsp3) is 0.387. The van der Waals surface area contributed by atoms with E-state index in [1.54, 1.807) is 60.3 Å². The molecule has 6 rings (SSSR count). The van der Waals surface area contributed by atoms with Gasteiger partial charge in [-0.3, -0.25) is 9.69 Å². The number of rotatable bonds is 9. The number of nitrogens with one attached hydrogen (secondary N) is 2. The van der Waals surface area contributed by atoms with Gasteiger partial charge in [-0.15, -0.1) is 0 Å². The molecule has 2 N–H and O–H groups in total. The molecule has 1 aliphatic carbocycles. The largest absolute Gasteiger partial charge is 0.457 e. The van der Waals surface area contributed by atoms with Gasteiger partial charge >= 0.3 is 6.18 Å². The van der Waals surface area contributed by atoms with E-state index in [4.69, 9.17) is 4.74 Å². The quantitative estimate of drug-likeness (QED) is 0.246. The summed E-state index contributed by atoms with van der Waals surface area (Å²) in [6.07, 6.45) is -1.12. The predicted molar refractivity (Wildman–Crippen MR) is 158 cm³/mol. The second kappa shape index (κ2) is 11.8. The maximum atomic E-state index is 14.1. The Balaban J connectivity index is 1.18. The molecule has 0 spiro atoms. The number of nitrogens with zero attached hydrogens (tertiary/aromatic N) is 5. The van der Waals surface area contributed by atoms with E-state index in [0.717, 1.165) is 57.1 Å². The molecule has 1 saturated heterocycles. The zero-order valence-corrected chi connectivity index (χ0v) is 24.1. The lowest BCUT2D eigenvalue weighted by Crippen LogP contribution is -2.45. The Morgan fingerprint density at radius 2 is 1.74 bits per heavy atom. The number of hydrogen-bond acceptors (Lipinski definition) is 7. The van der Waals surface area contributed by atoms with Crippen LogP contribution in [0.1, 0.15) is 30.9 Å². The van der Waals surface area contributed by atoms with E-state index in [0.29, 0.717) is 34.5 Å². The Morgan fingerprint density at radius 3 is 2.47 bits per heavy atom. The van der Waals surface area contributed by atoms with Gasteiger partial charge in [-0.05, 0) is 55.3 Å². The van der Waals surface area contributed by atoms with Gasteiger partial charge in [0, 0.05) is 69.7 Å². The second-order valence-corrected chi connectivity index (χ2v) is 11.1. The normalized spacial score (nSPS) is 16.4. The summed E-state index contributed by atoms with van der Waals surface area (Å²) in [5.41, 5.74) is 1.31. The molecule has 1 aliphatic heterocycles. The van der Waals surface area contributed by atoms with Crippen molar-refractivity contribution in [2.75, 3.05) is 43.4 Å². The zero-order chi connectivity index (χ0) is 30.1. The highest BCUT2D eigenvalue weighted by atomic mass is 19.4. The first-order valence-corrected chi connectivity index (χ1v) is 14.5. The number of carbonyl (C=O) groups excluding carboxylic acids is 1. The first kappa shape index (κ1) is 28.9. The van der Waals surface area contributed by atoms with Crippen molar-refractivity contribution >= 4 is 34.4 Å². The van der Waals surface area contributed by atoms with E-state index in [-0.39, 0.29) is 23.9 Å². The molecule has 0 radical (unpaired) electrons. The number of piperazine rings is 1. The molecular weight excluding hydrogens is 559 g/mol. The molecular formula is C31H34F3N7O2. The number of imidazole rings is 1. The number of aryl methyl sites for hydroxylation is 1. The molecule has 0 unspecified atom stereocenters. The summed E-state index contributed by atoms with van der Waals surface area (Å²) in [5.74, 6) is 1.89. The van der Waals surface area contributed by atoms with Crippen molar-refractivity contribution in [3.8, 4) is 11.5 Å². The maximum Gasteiger partial charge on any atom is 0.416 e. The number of benzene rings is 2. The fourth-order valence-corrected chi connectivity index (χ4v) is 5.29. The third-order valence-corrected chi connectivity index (χ3v) is 8.00. The number of aromatic nitrogens is 3. The smallest absolute Gasteiger partial charge is 0.416 e. The van der Waals surface area contributed by atoms with Crippen molar-refractivity contribution in [1.29, 1.82) is 0 Å². The molecule has 1 saturated carbocycles. The van der Waals surface area contributed by atoms with Crippen molar-refractivity contribution < 1.29 is 22.7 Å². The third kappa shape index (κ3) is 6.75. The van der Waals surface area contributed by atoms with Crippen LogP contribution in [-0.2, 0) is 24.6 Å². The van der Waals surface area contributed by atoms with Gasteiger partial charge in [0.1, 0.15) is 17.3 Å². The van der Waals surface area contributed by atoms with Gasteiger partial charge in [-0.25, -0.2) is 9.97 Å². The second-order valence-electron chi connectivity index (χ2n) is 11.1. The molecule has 43 heavy (non-hydrogen) atoms. The Labute approximate surface area is 247 Å². The van der Waals surface area contributed by atoms with Crippen LogP contribution in [0, 0.1) is 5.92 Å². The summed E-state index contributed by atoms with van der Waals surface area (Å²) in [4.78, 5) is 25.2. The molecule has 9 nitrogen and oxygen atoms in total. The molecule has 226 valence electrons. The summed E-state index contributed by atoms with van der Waals surface area (Å²) in [7, 11) is 1.79.